The lowest BCUT2D eigenvalue weighted by atomic mass is 10.2. The van der Waals surface area contributed by atoms with Gasteiger partial charge in [0.2, 0.25) is 0 Å². The predicted octanol–water partition coefficient (Wildman–Crippen LogP) is 1.96. The fraction of sp³-hybridized carbons (Fsp3) is 0.583. The standard InChI is InChI=1S/C12H17N3O3S2/c1-19-6-5-8(10(16)17)13-11(18)15-12-14-7-3-2-4-9(7)20-12/h8H,2-6H2,1H3,(H,16,17)(H2,13,14,15,18). The van der Waals surface area contributed by atoms with Crippen LogP contribution in [0.5, 0.6) is 0 Å². The monoisotopic (exact) mass is 315 g/mol. The Morgan fingerprint density at radius 1 is 1.50 bits per heavy atom. The van der Waals surface area contributed by atoms with Gasteiger partial charge in [-0.25, -0.2) is 14.6 Å². The number of carboxylic acids is 1. The Hall–Kier alpha value is -1.28. The zero-order valence-electron chi connectivity index (χ0n) is 11.1. The second-order valence-electron chi connectivity index (χ2n) is 4.51. The van der Waals surface area contributed by atoms with Crippen molar-refractivity contribution in [1.29, 1.82) is 0 Å². The molecule has 0 saturated carbocycles. The molecule has 2 rings (SSSR count). The van der Waals surface area contributed by atoms with Crippen LogP contribution in [-0.2, 0) is 17.6 Å². The van der Waals surface area contributed by atoms with Crippen molar-refractivity contribution < 1.29 is 14.7 Å². The van der Waals surface area contributed by atoms with Crippen LogP contribution in [0.2, 0.25) is 0 Å². The fourth-order valence-electron chi connectivity index (χ4n) is 2.03. The van der Waals surface area contributed by atoms with Gasteiger partial charge >= 0.3 is 12.0 Å². The first kappa shape index (κ1) is 15.1. The van der Waals surface area contributed by atoms with Gasteiger partial charge in [-0.15, -0.1) is 11.3 Å². The number of rotatable bonds is 6. The lowest BCUT2D eigenvalue weighted by molar-refractivity contribution is -0.139. The number of amides is 2. The summed E-state index contributed by atoms with van der Waals surface area (Å²) in [6.45, 7) is 0. The maximum atomic E-state index is 11.8. The van der Waals surface area contributed by atoms with E-state index in [0.29, 0.717) is 17.3 Å². The molecular weight excluding hydrogens is 298 g/mol. The van der Waals surface area contributed by atoms with Crippen molar-refractivity contribution in [1.82, 2.24) is 10.3 Å². The van der Waals surface area contributed by atoms with E-state index >= 15 is 0 Å². The maximum absolute atomic E-state index is 11.8. The molecule has 1 heterocycles. The molecule has 20 heavy (non-hydrogen) atoms. The van der Waals surface area contributed by atoms with Gasteiger partial charge < -0.3 is 10.4 Å². The van der Waals surface area contributed by atoms with E-state index in [1.807, 2.05) is 6.26 Å². The molecule has 1 aliphatic rings. The first-order valence-corrected chi connectivity index (χ1v) is 8.59. The third-order valence-corrected chi connectivity index (χ3v) is 4.75. The Labute approximate surface area is 125 Å². The Kier molecular flexibility index (Phi) is 5.24. The number of carbonyl (C=O) groups is 2. The van der Waals surface area contributed by atoms with Crippen LogP contribution in [-0.4, -0.2) is 40.1 Å². The van der Waals surface area contributed by atoms with Crippen molar-refractivity contribution in [3.63, 3.8) is 0 Å². The molecule has 0 bridgehead atoms. The number of aryl methyl sites for hydroxylation is 2. The van der Waals surface area contributed by atoms with Crippen LogP contribution < -0.4 is 10.6 Å². The summed E-state index contributed by atoms with van der Waals surface area (Å²) in [5.41, 5.74) is 1.06. The minimum absolute atomic E-state index is 0.401. The van der Waals surface area contributed by atoms with Crippen molar-refractivity contribution >= 4 is 40.2 Å². The number of aliphatic carboxylic acids is 1. The number of urea groups is 1. The highest BCUT2D eigenvalue weighted by Crippen LogP contribution is 2.30. The quantitative estimate of drug-likeness (QED) is 0.746. The van der Waals surface area contributed by atoms with E-state index in [1.54, 1.807) is 11.8 Å². The Bertz CT molecular complexity index is 483. The van der Waals surface area contributed by atoms with E-state index in [4.69, 9.17) is 5.11 Å². The van der Waals surface area contributed by atoms with Gasteiger partial charge in [-0.1, -0.05) is 0 Å². The van der Waals surface area contributed by atoms with Crippen molar-refractivity contribution in [3.05, 3.63) is 10.6 Å². The third-order valence-electron chi connectivity index (χ3n) is 3.03. The lowest BCUT2D eigenvalue weighted by Crippen LogP contribution is -2.43. The summed E-state index contributed by atoms with van der Waals surface area (Å²) in [6, 6.07) is -1.37. The van der Waals surface area contributed by atoms with Gasteiger partial charge in [0, 0.05) is 4.88 Å². The van der Waals surface area contributed by atoms with Crippen molar-refractivity contribution in [2.75, 3.05) is 17.3 Å². The summed E-state index contributed by atoms with van der Waals surface area (Å²) in [7, 11) is 0. The largest absolute Gasteiger partial charge is 0.480 e. The van der Waals surface area contributed by atoms with E-state index in [9.17, 15) is 9.59 Å². The van der Waals surface area contributed by atoms with E-state index in [-0.39, 0.29) is 0 Å². The van der Waals surface area contributed by atoms with E-state index in [1.165, 1.54) is 16.2 Å². The Morgan fingerprint density at radius 3 is 2.95 bits per heavy atom. The summed E-state index contributed by atoms with van der Waals surface area (Å²) >= 11 is 3.02. The average Bonchev–Trinajstić information content (AvgIpc) is 2.94. The summed E-state index contributed by atoms with van der Waals surface area (Å²) in [5, 5.41) is 14.7. The SMILES string of the molecule is CSCCC(NC(=O)Nc1nc2c(s1)CCC2)C(=O)O. The van der Waals surface area contributed by atoms with Gasteiger partial charge in [-0.2, -0.15) is 11.8 Å². The molecule has 0 aromatic carbocycles. The van der Waals surface area contributed by atoms with Crippen molar-refractivity contribution in [2.45, 2.75) is 31.7 Å². The minimum atomic E-state index is -1.02. The van der Waals surface area contributed by atoms with Crippen LogP contribution in [0, 0.1) is 0 Å². The average molecular weight is 315 g/mol. The smallest absolute Gasteiger partial charge is 0.326 e. The molecule has 1 unspecified atom stereocenters. The molecule has 3 N–H and O–H groups in total. The van der Waals surface area contributed by atoms with Crippen LogP contribution in [0.1, 0.15) is 23.4 Å². The maximum Gasteiger partial charge on any atom is 0.326 e. The second-order valence-corrected chi connectivity index (χ2v) is 6.58. The van der Waals surface area contributed by atoms with Gasteiger partial charge in [-0.3, -0.25) is 5.32 Å². The molecule has 1 aromatic rings. The Balaban J connectivity index is 1.88. The number of nitrogens with zero attached hydrogens (tertiary/aromatic N) is 1. The van der Waals surface area contributed by atoms with Crippen LogP contribution in [0.15, 0.2) is 0 Å². The van der Waals surface area contributed by atoms with Gasteiger partial charge in [0.05, 0.1) is 5.69 Å². The van der Waals surface area contributed by atoms with Crippen molar-refractivity contribution in [3.8, 4) is 0 Å². The number of hydrogen-bond acceptors (Lipinski definition) is 5. The molecule has 0 aliphatic heterocycles. The first-order valence-electron chi connectivity index (χ1n) is 6.38. The van der Waals surface area contributed by atoms with E-state index < -0.39 is 18.0 Å². The van der Waals surface area contributed by atoms with Gasteiger partial charge in [0.15, 0.2) is 5.13 Å². The van der Waals surface area contributed by atoms with E-state index in [2.05, 4.69) is 15.6 Å². The number of thiazole rings is 1. The molecule has 1 aromatic heterocycles. The fourth-order valence-corrected chi connectivity index (χ4v) is 3.54. The molecule has 0 saturated heterocycles. The van der Waals surface area contributed by atoms with Crippen LogP contribution in [0.3, 0.4) is 0 Å². The molecule has 8 heteroatoms. The topological polar surface area (TPSA) is 91.3 Å². The van der Waals surface area contributed by atoms with Gasteiger partial charge in [0.1, 0.15) is 6.04 Å². The number of carboxylic acid groups (broad SMARTS) is 1. The van der Waals surface area contributed by atoms with Gasteiger partial charge in [-0.05, 0) is 37.7 Å². The summed E-state index contributed by atoms with van der Waals surface area (Å²) < 4.78 is 0. The number of thioether (sulfide) groups is 1. The zero-order chi connectivity index (χ0) is 14.5. The Morgan fingerprint density at radius 2 is 2.30 bits per heavy atom. The molecule has 1 atom stereocenters. The number of fused-ring (bicyclic) bond motifs is 1. The van der Waals surface area contributed by atoms with Crippen LogP contribution >= 0.6 is 23.1 Å². The molecule has 1 aliphatic carbocycles. The van der Waals surface area contributed by atoms with Crippen LogP contribution in [0.25, 0.3) is 0 Å². The number of carbonyl (C=O) groups excluding carboxylic acids is 1. The molecule has 110 valence electrons. The highest BCUT2D eigenvalue weighted by atomic mass is 32.2. The zero-order valence-corrected chi connectivity index (χ0v) is 12.8. The highest BCUT2D eigenvalue weighted by Gasteiger charge is 2.21. The number of hydrogen-bond donors (Lipinski definition) is 3. The molecular formula is C12H17N3O3S2. The highest BCUT2D eigenvalue weighted by molar-refractivity contribution is 7.98. The second kappa shape index (κ2) is 6.94. The predicted molar refractivity (Wildman–Crippen MR) is 80.7 cm³/mol. The first-order chi connectivity index (χ1) is 9.60. The molecule has 0 radical (unpaired) electrons. The molecule has 2 amide bonds. The molecule has 0 fully saturated rings. The molecule has 0 spiro atoms. The lowest BCUT2D eigenvalue weighted by Gasteiger charge is -2.13. The van der Waals surface area contributed by atoms with Crippen molar-refractivity contribution in [2.24, 2.45) is 0 Å². The summed E-state index contributed by atoms with van der Waals surface area (Å²) in [4.78, 5) is 28.4. The number of anilines is 1. The number of aromatic nitrogens is 1. The van der Waals surface area contributed by atoms with Crippen LogP contribution in [0.4, 0.5) is 9.93 Å². The number of nitrogens with one attached hydrogen (secondary N) is 2. The minimum Gasteiger partial charge on any atom is -0.480 e. The normalized spacial score (nSPS) is 14.7. The van der Waals surface area contributed by atoms with E-state index in [0.717, 1.165) is 25.0 Å². The van der Waals surface area contributed by atoms with Gasteiger partial charge in [0.25, 0.3) is 0 Å². The summed E-state index contributed by atoms with van der Waals surface area (Å²) in [5.74, 6) is -0.334. The third kappa shape index (κ3) is 3.86. The molecule has 6 nitrogen and oxygen atoms in total. The summed E-state index contributed by atoms with van der Waals surface area (Å²) in [6.07, 6.45) is 5.40.